The number of cyclic esters (lactones) is 2. The predicted octanol–water partition coefficient (Wildman–Crippen LogP) is 6.17. The lowest BCUT2D eigenvalue weighted by Gasteiger charge is -2.29. The van der Waals surface area contributed by atoms with Gasteiger partial charge in [-0.2, -0.15) is 13.2 Å². The van der Waals surface area contributed by atoms with Crippen molar-refractivity contribution in [2.75, 3.05) is 0 Å². The maximum Gasteiger partial charge on any atom is 0.416 e. The first kappa shape index (κ1) is 24.1. The molecule has 3 aromatic carbocycles. The number of hydrogen-bond acceptors (Lipinski definition) is 5. The molecule has 0 bridgehead atoms. The Kier molecular flexibility index (Phi) is 6.39. The van der Waals surface area contributed by atoms with Crippen molar-refractivity contribution in [1.29, 1.82) is 0 Å². The van der Waals surface area contributed by atoms with Crippen molar-refractivity contribution in [2.45, 2.75) is 32.4 Å². The van der Waals surface area contributed by atoms with Gasteiger partial charge in [0.25, 0.3) is 5.79 Å². The number of benzene rings is 3. The number of hydrogen-bond donors (Lipinski definition) is 0. The molecule has 4 rings (SSSR count). The first-order valence-electron chi connectivity index (χ1n) is 10.7. The van der Waals surface area contributed by atoms with Crippen molar-refractivity contribution in [3.05, 3.63) is 95.1 Å². The largest absolute Gasteiger partial charge is 0.489 e. The van der Waals surface area contributed by atoms with Gasteiger partial charge in [0.2, 0.25) is 0 Å². The van der Waals surface area contributed by atoms with Crippen molar-refractivity contribution in [3.63, 3.8) is 0 Å². The zero-order valence-corrected chi connectivity index (χ0v) is 18.9. The summed E-state index contributed by atoms with van der Waals surface area (Å²) < 4.78 is 54.3. The van der Waals surface area contributed by atoms with E-state index in [0.717, 1.165) is 23.3 Å². The number of ether oxygens (including phenoxy) is 3. The molecule has 180 valence electrons. The summed E-state index contributed by atoms with van der Waals surface area (Å²) in [5.74, 6) is -2.24. The molecule has 0 saturated carbocycles. The van der Waals surface area contributed by atoms with E-state index in [1.807, 2.05) is 24.3 Å². The van der Waals surface area contributed by atoms with E-state index in [0.29, 0.717) is 16.9 Å². The van der Waals surface area contributed by atoms with Crippen LogP contribution < -0.4 is 4.74 Å². The number of rotatable bonds is 5. The van der Waals surface area contributed by atoms with Gasteiger partial charge in [-0.25, -0.2) is 9.59 Å². The van der Waals surface area contributed by atoms with Gasteiger partial charge < -0.3 is 14.2 Å². The molecule has 1 aliphatic heterocycles. The van der Waals surface area contributed by atoms with Gasteiger partial charge in [0.1, 0.15) is 17.9 Å². The predicted molar refractivity (Wildman–Crippen MR) is 122 cm³/mol. The summed E-state index contributed by atoms with van der Waals surface area (Å²) in [6.07, 6.45) is -2.99. The number of esters is 2. The summed E-state index contributed by atoms with van der Waals surface area (Å²) in [5.41, 5.74) is 1.98. The van der Waals surface area contributed by atoms with E-state index in [2.05, 4.69) is 0 Å². The fourth-order valence-electron chi connectivity index (χ4n) is 3.46. The Morgan fingerprint density at radius 1 is 0.857 bits per heavy atom. The number of carbonyl (C=O) groups is 2. The highest BCUT2D eigenvalue weighted by molar-refractivity contribution is 6.18. The molecule has 1 saturated heterocycles. The maximum atomic E-state index is 12.8. The molecule has 0 aromatic heterocycles. The van der Waals surface area contributed by atoms with Crippen molar-refractivity contribution >= 4 is 18.0 Å². The second-order valence-corrected chi connectivity index (χ2v) is 8.37. The van der Waals surface area contributed by atoms with E-state index in [1.165, 1.54) is 32.1 Å². The Hall–Kier alpha value is -4.07. The summed E-state index contributed by atoms with van der Waals surface area (Å²) in [6.45, 7) is 3.19. The Bertz CT molecular complexity index is 1250. The van der Waals surface area contributed by atoms with E-state index < -0.39 is 29.5 Å². The molecule has 1 heterocycles. The van der Waals surface area contributed by atoms with Crippen molar-refractivity contribution in [3.8, 4) is 16.9 Å². The highest BCUT2D eigenvalue weighted by atomic mass is 19.4. The Labute approximate surface area is 199 Å². The summed E-state index contributed by atoms with van der Waals surface area (Å²) in [7, 11) is 0. The molecule has 0 spiro atoms. The third-order valence-corrected chi connectivity index (χ3v) is 5.19. The highest BCUT2D eigenvalue weighted by Crippen LogP contribution is 2.31. The van der Waals surface area contributed by atoms with Crippen LogP contribution in [0.2, 0.25) is 0 Å². The Morgan fingerprint density at radius 3 is 2.09 bits per heavy atom. The van der Waals surface area contributed by atoms with Gasteiger partial charge in [-0.05, 0) is 58.7 Å². The molecule has 1 fully saturated rings. The van der Waals surface area contributed by atoms with E-state index >= 15 is 0 Å². The van der Waals surface area contributed by atoms with Crippen molar-refractivity contribution < 1.29 is 37.0 Å². The van der Waals surface area contributed by atoms with Gasteiger partial charge >= 0.3 is 18.1 Å². The fraction of sp³-hybridized carbons (Fsp3) is 0.185. The van der Waals surface area contributed by atoms with Crippen LogP contribution in [-0.2, 0) is 31.8 Å². The standard InChI is InChI=1S/C27H21F3O5/c1-26(2)34-24(31)23(25(32)35-26)15-17-6-12-22(13-7-17)33-16-18-4-3-5-20(14-18)19-8-10-21(11-9-19)27(28,29)30/h3-15H,16H2,1-2H3. The zero-order chi connectivity index (χ0) is 25.2. The molecular formula is C27H21F3O5. The Balaban J connectivity index is 1.41. The minimum atomic E-state index is -4.37. The SMILES string of the molecule is CC1(C)OC(=O)C(=Cc2ccc(OCc3cccc(-c4ccc(C(F)(F)F)cc4)c3)cc2)C(=O)O1. The summed E-state index contributed by atoms with van der Waals surface area (Å²) in [6, 6.07) is 19.1. The minimum absolute atomic E-state index is 0.196. The van der Waals surface area contributed by atoms with Crippen LogP contribution in [-0.4, -0.2) is 17.7 Å². The molecule has 3 aromatic rings. The smallest absolute Gasteiger partial charge is 0.416 e. The highest BCUT2D eigenvalue weighted by Gasteiger charge is 2.38. The quantitative estimate of drug-likeness (QED) is 0.247. The van der Waals surface area contributed by atoms with Gasteiger partial charge in [0.15, 0.2) is 0 Å². The van der Waals surface area contributed by atoms with E-state index in [1.54, 1.807) is 24.3 Å². The molecule has 0 atom stereocenters. The summed E-state index contributed by atoms with van der Waals surface area (Å²) in [4.78, 5) is 24.2. The van der Waals surface area contributed by atoms with Gasteiger partial charge in [0.05, 0.1) is 5.56 Å². The number of carbonyl (C=O) groups excluding carboxylic acids is 2. The third-order valence-electron chi connectivity index (χ3n) is 5.19. The van der Waals surface area contributed by atoms with E-state index in [9.17, 15) is 22.8 Å². The lowest BCUT2D eigenvalue weighted by atomic mass is 10.0. The average Bonchev–Trinajstić information content (AvgIpc) is 2.80. The molecule has 0 radical (unpaired) electrons. The van der Waals surface area contributed by atoms with Crippen LogP contribution >= 0.6 is 0 Å². The van der Waals surface area contributed by atoms with E-state index in [-0.39, 0.29) is 12.2 Å². The van der Waals surface area contributed by atoms with Gasteiger partial charge in [-0.1, -0.05) is 42.5 Å². The van der Waals surface area contributed by atoms with Gasteiger partial charge in [-0.15, -0.1) is 0 Å². The minimum Gasteiger partial charge on any atom is -0.489 e. The first-order valence-corrected chi connectivity index (χ1v) is 10.7. The maximum absolute atomic E-state index is 12.8. The topological polar surface area (TPSA) is 61.8 Å². The lowest BCUT2D eigenvalue weighted by molar-refractivity contribution is -0.222. The zero-order valence-electron chi connectivity index (χ0n) is 18.9. The lowest BCUT2D eigenvalue weighted by Crippen LogP contribution is -2.41. The van der Waals surface area contributed by atoms with Crippen LogP contribution in [0.1, 0.15) is 30.5 Å². The average molecular weight is 482 g/mol. The van der Waals surface area contributed by atoms with Crippen LogP contribution in [0.5, 0.6) is 5.75 Å². The van der Waals surface area contributed by atoms with Crippen LogP contribution in [0.4, 0.5) is 13.2 Å². The molecule has 0 N–H and O–H groups in total. The van der Waals surface area contributed by atoms with E-state index in [4.69, 9.17) is 14.2 Å². The molecule has 0 unspecified atom stereocenters. The molecule has 8 heteroatoms. The second-order valence-electron chi connectivity index (χ2n) is 8.37. The third kappa shape index (κ3) is 5.90. The number of halogens is 3. The molecule has 5 nitrogen and oxygen atoms in total. The fourth-order valence-corrected chi connectivity index (χ4v) is 3.46. The molecule has 1 aliphatic rings. The number of alkyl halides is 3. The molecular weight excluding hydrogens is 461 g/mol. The summed E-state index contributed by atoms with van der Waals surface area (Å²) >= 11 is 0. The normalized spacial score (nSPS) is 15.3. The second kappa shape index (κ2) is 9.29. The van der Waals surface area contributed by atoms with Crippen LogP contribution in [0, 0.1) is 0 Å². The van der Waals surface area contributed by atoms with Crippen molar-refractivity contribution in [2.24, 2.45) is 0 Å². The van der Waals surface area contributed by atoms with Crippen molar-refractivity contribution in [1.82, 2.24) is 0 Å². The molecule has 0 amide bonds. The molecule has 35 heavy (non-hydrogen) atoms. The van der Waals surface area contributed by atoms with Crippen LogP contribution in [0.3, 0.4) is 0 Å². The van der Waals surface area contributed by atoms with Gasteiger partial charge in [-0.3, -0.25) is 0 Å². The first-order chi connectivity index (χ1) is 16.5. The van der Waals surface area contributed by atoms with Crippen LogP contribution in [0.25, 0.3) is 17.2 Å². The summed E-state index contributed by atoms with van der Waals surface area (Å²) in [5, 5.41) is 0. The van der Waals surface area contributed by atoms with Gasteiger partial charge in [0, 0.05) is 13.8 Å². The van der Waals surface area contributed by atoms with Crippen LogP contribution in [0.15, 0.2) is 78.4 Å². The molecule has 0 aliphatic carbocycles. The Morgan fingerprint density at radius 2 is 1.49 bits per heavy atom. The monoisotopic (exact) mass is 482 g/mol.